The number of carbonyl (C=O) groups is 2. The van der Waals surface area contributed by atoms with Gasteiger partial charge in [-0.3, -0.25) is 9.59 Å². The van der Waals surface area contributed by atoms with E-state index in [1.807, 2.05) is 0 Å². The van der Waals surface area contributed by atoms with Gasteiger partial charge in [0.1, 0.15) is 11.6 Å². The minimum atomic E-state index is -0.526. The van der Waals surface area contributed by atoms with Crippen LogP contribution in [0.5, 0.6) is 0 Å². The van der Waals surface area contributed by atoms with Gasteiger partial charge in [-0.1, -0.05) is 11.6 Å². The van der Waals surface area contributed by atoms with Gasteiger partial charge in [0, 0.05) is 24.3 Å². The summed E-state index contributed by atoms with van der Waals surface area (Å²) >= 11 is 5.64. The molecule has 1 aliphatic carbocycles. The third-order valence-electron chi connectivity index (χ3n) is 3.12. The molecule has 1 saturated carbocycles. The van der Waals surface area contributed by atoms with Crippen molar-refractivity contribution in [2.45, 2.75) is 25.7 Å². The number of carbonyl (C=O) groups excluding carboxylic acids is 2. The quantitative estimate of drug-likeness (QED) is 0.758. The predicted molar refractivity (Wildman–Crippen MR) is 62.7 cm³/mol. The fraction of sp³-hybridized carbons (Fsp3) is 0.385. The van der Waals surface area contributed by atoms with Gasteiger partial charge in [0.05, 0.1) is 5.02 Å². The SMILES string of the molecule is O=C1CCC(C(=O)c2ccc(F)c(Cl)c2)CC1. The van der Waals surface area contributed by atoms with Crippen LogP contribution in [0.2, 0.25) is 5.02 Å². The van der Waals surface area contributed by atoms with Crippen LogP contribution in [0.25, 0.3) is 0 Å². The second kappa shape index (κ2) is 4.96. The molecule has 90 valence electrons. The van der Waals surface area contributed by atoms with Crippen LogP contribution in [-0.4, -0.2) is 11.6 Å². The van der Waals surface area contributed by atoms with Gasteiger partial charge in [-0.2, -0.15) is 0 Å². The van der Waals surface area contributed by atoms with Gasteiger partial charge in [-0.05, 0) is 31.0 Å². The van der Waals surface area contributed by atoms with E-state index in [1.165, 1.54) is 18.2 Å². The van der Waals surface area contributed by atoms with Crippen molar-refractivity contribution >= 4 is 23.2 Å². The molecule has 0 spiro atoms. The summed E-state index contributed by atoms with van der Waals surface area (Å²) in [6.45, 7) is 0. The van der Waals surface area contributed by atoms with E-state index in [0.29, 0.717) is 31.2 Å². The van der Waals surface area contributed by atoms with Crippen LogP contribution in [0.3, 0.4) is 0 Å². The fourth-order valence-corrected chi connectivity index (χ4v) is 2.27. The van der Waals surface area contributed by atoms with Crippen molar-refractivity contribution in [2.24, 2.45) is 5.92 Å². The van der Waals surface area contributed by atoms with E-state index in [0.717, 1.165) is 0 Å². The summed E-state index contributed by atoms with van der Waals surface area (Å²) in [5.74, 6) is -0.484. The van der Waals surface area contributed by atoms with Crippen molar-refractivity contribution in [2.75, 3.05) is 0 Å². The fourth-order valence-electron chi connectivity index (χ4n) is 2.09. The van der Waals surface area contributed by atoms with E-state index in [-0.39, 0.29) is 22.5 Å². The first-order valence-electron chi connectivity index (χ1n) is 5.59. The molecule has 17 heavy (non-hydrogen) atoms. The molecule has 0 heterocycles. The van der Waals surface area contributed by atoms with Gasteiger partial charge in [0.25, 0.3) is 0 Å². The lowest BCUT2D eigenvalue weighted by Gasteiger charge is -2.19. The molecule has 0 N–H and O–H groups in total. The molecule has 0 atom stereocenters. The molecule has 4 heteroatoms. The molecule has 2 rings (SSSR count). The minimum Gasteiger partial charge on any atom is -0.300 e. The van der Waals surface area contributed by atoms with Gasteiger partial charge >= 0.3 is 0 Å². The van der Waals surface area contributed by atoms with Crippen LogP contribution < -0.4 is 0 Å². The molecule has 2 nitrogen and oxygen atoms in total. The number of Topliss-reactive ketones (excluding diaryl/α,β-unsaturated/α-hetero) is 2. The van der Waals surface area contributed by atoms with Crippen LogP contribution in [0.4, 0.5) is 4.39 Å². The summed E-state index contributed by atoms with van der Waals surface area (Å²) in [6.07, 6.45) is 2.11. The Morgan fingerprint density at radius 2 is 1.94 bits per heavy atom. The Kier molecular flexibility index (Phi) is 3.57. The Balaban J connectivity index is 2.14. The van der Waals surface area contributed by atoms with E-state index >= 15 is 0 Å². The zero-order valence-electron chi connectivity index (χ0n) is 9.21. The zero-order valence-corrected chi connectivity index (χ0v) is 9.97. The lowest BCUT2D eigenvalue weighted by atomic mass is 9.83. The van der Waals surface area contributed by atoms with Gasteiger partial charge in [0.2, 0.25) is 0 Å². The highest BCUT2D eigenvalue weighted by atomic mass is 35.5. The van der Waals surface area contributed by atoms with Gasteiger partial charge in [-0.25, -0.2) is 4.39 Å². The summed E-state index contributed by atoms with van der Waals surface area (Å²) < 4.78 is 13.0. The molecule has 0 saturated heterocycles. The second-order valence-electron chi connectivity index (χ2n) is 4.31. The highest BCUT2D eigenvalue weighted by Gasteiger charge is 2.25. The number of ketones is 2. The van der Waals surface area contributed by atoms with Crippen LogP contribution in [0.1, 0.15) is 36.0 Å². The highest BCUT2D eigenvalue weighted by molar-refractivity contribution is 6.31. The lowest BCUT2D eigenvalue weighted by molar-refractivity contribution is -0.120. The summed E-state index contributed by atoms with van der Waals surface area (Å²) in [5.41, 5.74) is 0.427. The highest BCUT2D eigenvalue weighted by Crippen LogP contribution is 2.26. The average Bonchev–Trinajstić information content (AvgIpc) is 2.33. The Morgan fingerprint density at radius 3 is 2.53 bits per heavy atom. The molecule has 1 aliphatic rings. The monoisotopic (exact) mass is 254 g/mol. The standard InChI is InChI=1S/C13H12ClFO2/c14-11-7-9(3-6-12(11)15)13(17)8-1-4-10(16)5-2-8/h3,6-8H,1-2,4-5H2. The Hall–Kier alpha value is -1.22. The first-order valence-corrected chi connectivity index (χ1v) is 5.96. The van der Waals surface area contributed by atoms with Crippen LogP contribution in [0, 0.1) is 11.7 Å². The Morgan fingerprint density at radius 1 is 1.29 bits per heavy atom. The number of hydrogen-bond donors (Lipinski definition) is 0. The average molecular weight is 255 g/mol. The lowest BCUT2D eigenvalue weighted by Crippen LogP contribution is -2.21. The van der Waals surface area contributed by atoms with Crippen molar-refractivity contribution in [1.29, 1.82) is 0 Å². The van der Waals surface area contributed by atoms with Gasteiger partial charge in [-0.15, -0.1) is 0 Å². The van der Waals surface area contributed by atoms with Crippen LogP contribution >= 0.6 is 11.6 Å². The van der Waals surface area contributed by atoms with Crippen molar-refractivity contribution in [3.8, 4) is 0 Å². The molecule has 1 fully saturated rings. The first-order chi connectivity index (χ1) is 8.08. The van der Waals surface area contributed by atoms with Crippen LogP contribution in [-0.2, 0) is 4.79 Å². The van der Waals surface area contributed by atoms with Crippen molar-refractivity contribution in [3.05, 3.63) is 34.6 Å². The smallest absolute Gasteiger partial charge is 0.166 e. The molecule has 0 aliphatic heterocycles. The molecule has 0 radical (unpaired) electrons. The summed E-state index contributed by atoms with van der Waals surface area (Å²) in [6, 6.07) is 4.00. The van der Waals surface area contributed by atoms with Crippen molar-refractivity contribution in [1.82, 2.24) is 0 Å². The molecule has 1 aromatic carbocycles. The summed E-state index contributed by atoms with van der Waals surface area (Å²) in [4.78, 5) is 23.2. The third-order valence-corrected chi connectivity index (χ3v) is 3.41. The number of rotatable bonds is 2. The number of halogens is 2. The molecule has 0 unspecified atom stereocenters. The maximum atomic E-state index is 13.0. The van der Waals surface area contributed by atoms with E-state index in [2.05, 4.69) is 0 Å². The molecule has 0 aromatic heterocycles. The predicted octanol–water partition coefficient (Wildman–Crippen LogP) is 3.42. The first kappa shape index (κ1) is 12.2. The molecule has 0 amide bonds. The number of benzene rings is 1. The van der Waals surface area contributed by atoms with Gasteiger partial charge in [0.15, 0.2) is 5.78 Å². The largest absolute Gasteiger partial charge is 0.300 e. The Bertz CT molecular complexity index is 460. The third kappa shape index (κ3) is 2.72. The molecule has 0 bridgehead atoms. The van der Waals surface area contributed by atoms with E-state index in [1.54, 1.807) is 0 Å². The van der Waals surface area contributed by atoms with E-state index in [4.69, 9.17) is 11.6 Å². The molecular formula is C13H12ClFO2. The zero-order chi connectivity index (χ0) is 12.4. The van der Waals surface area contributed by atoms with Gasteiger partial charge < -0.3 is 0 Å². The maximum absolute atomic E-state index is 13.0. The normalized spacial score (nSPS) is 17.2. The van der Waals surface area contributed by atoms with Crippen LogP contribution in [0.15, 0.2) is 18.2 Å². The topological polar surface area (TPSA) is 34.1 Å². The van der Waals surface area contributed by atoms with E-state index in [9.17, 15) is 14.0 Å². The second-order valence-corrected chi connectivity index (χ2v) is 4.71. The summed E-state index contributed by atoms with van der Waals surface area (Å²) in [5, 5.41) is -0.0391. The summed E-state index contributed by atoms with van der Waals surface area (Å²) in [7, 11) is 0. The number of hydrogen-bond acceptors (Lipinski definition) is 2. The molecular weight excluding hydrogens is 243 g/mol. The maximum Gasteiger partial charge on any atom is 0.166 e. The van der Waals surface area contributed by atoms with E-state index < -0.39 is 5.82 Å². The molecule has 1 aromatic rings. The van der Waals surface area contributed by atoms with Crippen molar-refractivity contribution < 1.29 is 14.0 Å². The van der Waals surface area contributed by atoms with Crippen molar-refractivity contribution in [3.63, 3.8) is 0 Å². The Labute approximate surface area is 104 Å². The minimum absolute atomic E-state index is 0.0391.